The minimum Gasteiger partial charge on any atom is -0.101 e. The second kappa shape index (κ2) is 9.55. The molecule has 0 aromatic heterocycles. The van der Waals surface area contributed by atoms with Gasteiger partial charge in [-0.2, -0.15) is 0 Å². The summed E-state index contributed by atoms with van der Waals surface area (Å²) in [5.41, 5.74) is 4.54. The summed E-state index contributed by atoms with van der Waals surface area (Å²) in [6.45, 7) is 4.10. The average molecular weight is 300 g/mol. The maximum absolute atomic E-state index is 3.23. The van der Waals surface area contributed by atoms with Crippen LogP contribution in [0.2, 0.25) is 0 Å². The summed E-state index contributed by atoms with van der Waals surface area (Å²) in [5, 5.41) is 0. The highest BCUT2D eigenvalue weighted by Crippen LogP contribution is 2.09. The minimum atomic E-state index is 1.02. The Labute approximate surface area is 141 Å². The lowest BCUT2D eigenvalue weighted by atomic mass is 10.0. The van der Waals surface area contributed by atoms with E-state index >= 15 is 0 Å². The molecule has 0 saturated heterocycles. The zero-order valence-electron chi connectivity index (χ0n) is 14.2. The first-order valence-electron chi connectivity index (χ1n) is 8.45. The highest BCUT2D eigenvalue weighted by molar-refractivity contribution is 5.46. The lowest BCUT2D eigenvalue weighted by Crippen LogP contribution is -1.86. The van der Waals surface area contributed by atoms with Gasteiger partial charge in [-0.3, -0.25) is 0 Å². The second-order valence-electron chi connectivity index (χ2n) is 5.71. The molecule has 0 spiro atoms. The Hall–Kier alpha value is -2.44. The van der Waals surface area contributed by atoms with Crippen LogP contribution in [0.25, 0.3) is 0 Å². The molecular weight excluding hydrogens is 276 g/mol. The molecule has 0 radical (unpaired) electrons. The van der Waals surface area contributed by atoms with Crippen molar-refractivity contribution >= 4 is 0 Å². The molecule has 0 amide bonds. The molecule has 0 unspecified atom stereocenters. The Morgan fingerprint density at radius 2 is 1.17 bits per heavy atom. The molecule has 0 heteroatoms. The van der Waals surface area contributed by atoms with Crippen LogP contribution >= 0.6 is 0 Å². The second-order valence-corrected chi connectivity index (χ2v) is 5.71. The van der Waals surface area contributed by atoms with Crippen molar-refractivity contribution in [2.75, 3.05) is 0 Å². The first-order chi connectivity index (χ1) is 11.3. The van der Waals surface area contributed by atoms with Crippen LogP contribution in [0.4, 0.5) is 0 Å². The molecule has 0 atom stereocenters. The highest BCUT2D eigenvalue weighted by atomic mass is 14.0. The Morgan fingerprint density at radius 3 is 1.70 bits per heavy atom. The molecule has 2 aromatic carbocycles. The van der Waals surface area contributed by atoms with E-state index in [-0.39, 0.29) is 0 Å². The number of rotatable bonds is 5. The summed E-state index contributed by atoms with van der Waals surface area (Å²) >= 11 is 0. The van der Waals surface area contributed by atoms with E-state index in [1.807, 2.05) is 31.2 Å². The van der Waals surface area contributed by atoms with Gasteiger partial charge in [-0.25, -0.2) is 0 Å². The van der Waals surface area contributed by atoms with Crippen LogP contribution in [0.5, 0.6) is 0 Å². The van der Waals surface area contributed by atoms with Crippen molar-refractivity contribution in [3.05, 3.63) is 70.8 Å². The van der Waals surface area contributed by atoms with Crippen LogP contribution in [0.3, 0.4) is 0 Å². The fourth-order valence-electron chi connectivity index (χ4n) is 2.44. The molecule has 0 bridgehead atoms. The maximum atomic E-state index is 3.23. The van der Waals surface area contributed by atoms with Crippen LogP contribution in [-0.2, 0) is 6.42 Å². The SMILES string of the molecule is CC#Cc1ccc(C#Cc2ccc(CCCCCC)cc2)cc1. The van der Waals surface area contributed by atoms with Gasteiger partial charge in [0.05, 0.1) is 0 Å². The average Bonchev–Trinajstić information content (AvgIpc) is 2.59. The van der Waals surface area contributed by atoms with Crippen LogP contribution in [0.15, 0.2) is 48.5 Å². The van der Waals surface area contributed by atoms with Crippen molar-refractivity contribution in [3.63, 3.8) is 0 Å². The van der Waals surface area contributed by atoms with Crippen molar-refractivity contribution in [2.45, 2.75) is 46.0 Å². The Kier molecular flexibility index (Phi) is 7.03. The number of hydrogen-bond donors (Lipinski definition) is 0. The van der Waals surface area contributed by atoms with Crippen LogP contribution in [-0.4, -0.2) is 0 Å². The third-order valence-corrected chi connectivity index (χ3v) is 3.78. The summed E-state index contributed by atoms with van der Waals surface area (Å²) < 4.78 is 0. The Balaban J connectivity index is 1.94. The normalized spacial score (nSPS) is 9.48. The molecule has 0 aliphatic rings. The van der Waals surface area contributed by atoms with E-state index in [4.69, 9.17) is 0 Å². The summed E-state index contributed by atoms with van der Waals surface area (Å²) in [6, 6.07) is 16.7. The molecule has 0 aliphatic carbocycles. The smallest absolute Gasteiger partial charge is 0.0249 e. The Morgan fingerprint density at radius 1 is 0.652 bits per heavy atom. The predicted molar refractivity (Wildman–Crippen MR) is 99.3 cm³/mol. The molecule has 23 heavy (non-hydrogen) atoms. The molecule has 0 N–H and O–H groups in total. The van der Waals surface area contributed by atoms with Gasteiger partial charge in [0, 0.05) is 16.7 Å². The number of aryl methyl sites for hydroxylation is 1. The summed E-state index contributed by atoms with van der Waals surface area (Å²) in [5.74, 6) is 12.4. The van der Waals surface area contributed by atoms with Gasteiger partial charge >= 0.3 is 0 Å². The van der Waals surface area contributed by atoms with Crippen LogP contribution in [0.1, 0.15) is 61.8 Å². The van der Waals surface area contributed by atoms with Crippen LogP contribution in [0, 0.1) is 23.7 Å². The molecule has 2 aromatic rings. The third-order valence-electron chi connectivity index (χ3n) is 3.78. The fraction of sp³-hybridized carbons (Fsp3) is 0.304. The zero-order valence-corrected chi connectivity index (χ0v) is 14.2. The first kappa shape index (κ1) is 16.9. The van der Waals surface area contributed by atoms with E-state index in [1.165, 1.54) is 37.7 Å². The molecule has 116 valence electrons. The molecule has 0 saturated carbocycles. The molecular formula is C23H24. The third kappa shape index (κ3) is 6.06. The number of benzene rings is 2. The largest absolute Gasteiger partial charge is 0.101 e. The monoisotopic (exact) mass is 300 g/mol. The van der Waals surface area contributed by atoms with Crippen molar-refractivity contribution in [3.8, 4) is 23.7 Å². The lowest BCUT2D eigenvalue weighted by Gasteiger charge is -2.01. The summed E-state index contributed by atoms with van der Waals surface area (Å²) in [4.78, 5) is 0. The molecule has 0 aliphatic heterocycles. The van der Waals surface area contributed by atoms with Gasteiger partial charge in [0.1, 0.15) is 0 Å². The van der Waals surface area contributed by atoms with Gasteiger partial charge in [0.15, 0.2) is 0 Å². The van der Waals surface area contributed by atoms with E-state index in [9.17, 15) is 0 Å². The van der Waals surface area contributed by atoms with Crippen molar-refractivity contribution < 1.29 is 0 Å². The minimum absolute atomic E-state index is 1.02. The van der Waals surface area contributed by atoms with E-state index in [2.05, 4.69) is 54.9 Å². The fourth-order valence-corrected chi connectivity index (χ4v) is 2.44. The molecule has 0 heterocycles. The number of hydrogen-bond acceptors (Lipinski definition) is 0. The molecule has 0 nitrogen and oxygen atoms in total. The van der Waals surface area contributed by atoms with Gasteiger partial charge in [-0.15, -0.1) is 5.92 Å². The van der Waals surface area contributed by atoms with Gasteiger partial charge in [-0.05, 0) is 61.7 Å². The van der Waals surface area contributed by atoms with E-state index in [0.29, 0.717) is 0 Å². The standard InChI is InChI=1S/C23H24/c1-3-5-6-7-9-21-12-16-23(17-13-21)19-18-22-14-10-20(8-4-2)11-15-22/h10-17H,3,5-7,9H2,1-2H3. The molecule has 0 fully saturated rings. The molecule has 2 rings (SSSR count). The topological polar surface area (TPSA) is 0 Å². The first-order valence-corrected chi connectivity index (χ1v) is 8.45. The highest BCUT2D eigenvalue weighted by Gasteiger charge is 1.94. The quantitative estimate of drug-likeness (QED) is 0.499. The van der Waals surface area contributed by atoms with Gasteiger partial charge in [0.25, 0.3) is 0 Å². The van der Waals surface area contributed by atoms with E-state index in [0.717, 1.165) is 16.7 Å². The maximum Gasteiger partial charge on any atom is 0.0249 e. The van der Waals surface area contributed by atoms with E-state index in [1.54, 1.807) is 0 Å². The van der Waals surface area contributed by atoms with Crippen molar-refractivity contribution in [2.24, 2.45) is 0 Å². The van der Waals surface area contributed by atoms with Gasteiger partial charge < -0.3 is 0 Å². The van der Waals surface area contributed by atoms with Gasteiger partial charge in [0.2, 0.25) is 0 Å². The van der Waals surface area contributed by atoms with Crippen LogP contribution < -0.4 is 0 Å². The van der Waals surface area contributed by atoms with E-state index < -0.39 is 0 Å². The zero-order chi connectivity index (χ0) is 16.3. The van der Waals surface area contributed by atoms with Crippen molar-refractivity contribution in [1.29, 1.82) is 0 Å². The lowest BCUT2D eigenvalue weighted by molar-refractivity contribution is 0.667. The van der Waals surface area contributed by atoms with Gasteiger partial charge in [-0.1, -0.05) is 56.1 Å². The summed E-state index contributed by atoms with van der Waals surface area (Å²) in [6.07, 6.45) is 6.42. The Bertz CT molecular complexity index is 710. The summed E-state index contributed by atoms with van der Waals surface area (Å²) in [7, 11) is 0. The van der Waals surface area contributed by atoms with Crippen molar-refractivity contribution in [1.82, 2.24) is 0 Å². The number of unbranched alkanes of at least 4 members (excludes halogenated alkanes) is 3. The predicted octanol–water partition coefficient (Wildman–Crippen LogP) is 5.58.